The number of aromatic nitrogens is 1. The predicted octanol–water partition coefficient (Wildman–Crippen LogP) is 3.74. The number of rotatable bonds is 5. The maximum atomic E-state index is 8.77. The molecular weight excluding hydrogens is 242 g/mol. The molecule has 1 N–H and O–H groups in total. The third kappa shape index (κ3) is 3.18. The van der Waals surface area contributed by atoms with Crippen molar-refractivity contribution < 1.29 is 5.11 Å². The van der Waals surface area contributed by atoms with Crippen molar-refractivity contribution in [3.63, 3.8) is 0 Å². The molecule has 2 rings (SSSR count). The molecule has 0 amide bonds. The summed E-state index contributed by atoms with van der Waals surface area (Å²) >= 11 is 1.71. The molecule has 2 aromatic rings. The minimum absolute atomic E-state index is 0.273. The van der Waals surface area contributed by atoms with Gasteiger partial charge in [0.25, 0.3) is 0 Å². The van der Waals surface area contributed by atoms with Gasteiger partial charge in [-0.3, -0.25) is 0 Å². The van der Waals surface area contributed by atoms with Crippen LogP contribution < -0.4 is 0 Å². The smallest absolute Gasteiger partial charge is 0.0932 e. The van der Waals surface area contributed by atoms with Crippen molar-refractivity contribution in [3.05, 3.63) is 39.7 Å². The summed E-state index contributed by atoms with van der Waals surface area (Å²) in [4.78, 5) is 4.66. The van der Waals surface area contributed by atoms with Gasteiger partial charge in [0.05, 0.1) is 10.7 Å². The molecule has 0 aliphatic carbocycles. The number of hydrogen-bond donors (Lipinski definition) is 1. The van der Waals surface area contributed by atoms with E-state index in [-0.39, 0.29) is 6.61 Å². The normalized spacial score (nSPS) is 10.8. The zero-order valence-corrected chi connectivity index (χ0v) is 11.8. The lowest BCUT2D eigenvalue weighted by atomic mass is 10.1. The van der Waals surface area contributed by atoms with Gasteiger partial charge in [0.15, 0.2) is 0 Å². The highest BCUT2D eigenvalue weighted by atomic mass is 32.1. The Hall–Kier alpha value is -1.19. The first-order chi connectivity index (χ1) is 8.70. The van der Waals surface area contributed by atoms with E-state index in [9.17, 15) is 0 Å². The van der Waals surface area contributed by atoms with E-state index < -0.39 is 0 Å². The molecule has 0 radical (unpaired) electrons. The van der Waals surface area contributed by atoms with E-state index in [2.05, 4.69) is 42.4 Å². The van der Waals surface area contributed by atoms with E-state index in [4.69, 9.17) is 5.11 Å². The Labute approximate surface area is 112 Å². The molecule has 0 aliphatic rings. The minimum atomic E-state index is 0.273. The van der Waals surface area contributed by atoms with Crippen LogP contribution in [0.1, 0.15) is 29.0 Å². The SMILES string of the molecule is Cc1ccc(-c2csc(CCCCO)n2)cc1C. The van der Waals surface area contributed by atoms with Gasteiger partial charge in [0, 0.05) is 17.6 Å². The topological polar surface area (TPSA) is 33.1 Å². The van der Waals surface area contributed by atoms with Gasteiger partial charge in [0.1, 0.15) is 0 Å². The molecule has 18 heavy (non-hydrogen) atoms. The summed E-state index contributed by atoms with van der Waals surface area (Å²) in [6, 6.07) is 6.48. The standard InChI is InChI=1S/C15H19NOS/c1-11-6-7-13(9-12(11)2)14-10-18-15(16-14)5-3-4-8-17/h6-7,9-10,17H,3-5,8H2,1-2H3. The van der Waals surface area contributed by atoms with Crippen molar-refractivity contribution in [1.29, 1.82) is 0 Å². The summed E-state index contributed by atoms with van der Waals surface area (Å²) in [5.41, 5.74) is 4.89. The first kappa shape index (κ1) is 13.2. The summed E-state index contributed by atoms with van der Waals surface area (Å²) in [5.74, 6) is 0. The third-order valence-electron chi connectivity index (χ3n) is 3.15. The van der Waals surface area contributed by atoms with Crippen LogP contribution >= 0.6 is 11.3 Å². The van der Waals surface area contributed by atoms with Crippen LogP contribution in [0.3, 0.4) is 0 Å². The molecule has 1 aromatic heterocycles. The molecule has 1 heterocycles. The molecule has 3 heteroatoms. The average molecular weight is 261 g/mol. The maximum absolute atomic E-state index is 8.77. The molecule has 2 nitrogen and oxygen atoms in total. The van der Waals surface area contributed by atoms with Gasteiger partial charge in [-0.25, -0.2) is 4.98 Å². The fraction of sp³-hybridized carbons (Fsp3) is 0.400. The second-order valence-corrected chi connectivity index (χ2v) is 5.55. The van der Waals surface area contributed by atoms with Crippen LogP contribution in [0, 0.1) is 13.8 Å². The van der Waals surface area contributed by atoms with Gasteiger partial charge < -0.3 is 5.11 Å². The Kier molecular flexibility index (Phi) is 4.50. The summed E-state index contributed by atoms with van der Waals surface area (Å²) in [6.45, 7) is 4.53. The van der Waals surface area contributed by atoms with Crippen molar-refractivity contribution in [2.75, 3.05) is 6.61 Å². The molecule has 0 bridgehead atoms. The maximum Gasteiger partial charge on any atom is 0.0932 e. The van der Waals surface area contributed by atoms with Gasteiger partial charge >= 0.3 is 0 Å². The Morgan fingerprint density at radius 1 is 1.17 bits per heavy atom. The van der Waals surface area contributed by atoms with Crippen LogP contribution in [0.15, 0.2) is 23.6 Å². The zero-order valence-electron chi connectivity index (χ0n) is 10.9. The predicted molar refractivity (Wildman–Crippen MR) is 77.0 cm³/mol. The fourth-order valence-electron chi connectivity index (χ4n) is 1.85. The number of nitrogens with zero attached hydrogens (tertiary/aromatic N) is 1. The lowest BCUT2D eigenvalue weighted by molar-refractivity contribution is 0.284. The highest BCUT2D eigenvalue weighted by molar-refractivity contribution is 7.09. The lowest BCUT2D eigenvalue weighted by Crippen LogP contribution is -1.88. The Morgan fingerprint density at radius 3 is 2.72 bits per heavy atom. The fourth-order valence-corrected chi connectivity index (χ4v) is 2.70. The van der Waals surface area contributed by atoms with Crippen LogP contribution in [0.25, 0.3) is 11.3 Å². The molecule has 96 valence electrons. The van der Waals surface area contributed by atoms with E-state index in [1.54, 1.807) is 11.3 Å². The van der Waals surface area contributed by atoms with Crippen LogP contribution in [0.2, 0.25) is 0 Å². The number of thiazole rings is 1. The van der Waals surface area contributed by atoms with Gasteiger partial charge in [-0.2, -0.15) is 0 Å². The van der Waals surface area contributed by atoms with E-state index in [1.807, 2.05) is 0 Å². The van der Waals surface area contributed by atoms with Gasteiger partial charge in [-0.15, -0.1) is 11.3 Å². The quantitative estimate of drug-likeness (QED) is 0.832. The van der Waals surface area contributed by atoms with E-state index in [1.165, 1.54) is 16.7 Å². The monoisotopic (exact) mass is 261 g/mol. The molecular formula is C15H19NOS. The number of aliphatic hydroxyl groups excluding tert-OH is 1. The highest BCUT2D eigenvalue weighted by Crippen LogP contribution is 2.24. The van der Waals surface area contributed by atoms with Gasteiger partial charge in [-0.1, -0.05) is 12.1 Å². The Morgan fingerprint density at radius 2 is 2.00 bits per heavy atom. The van der Waals surface area contributed by atoms with Crippen molar-refractivity contribution in [3.8, 4) is 11.3 Å². The first-order valence-corrected chi connectivity index (χ1v) is 7.21. The van der Waals surface area contributed by atoms with Gasteiger partial charge in [0.2, 0.25) is 0 Å². The van der Waals surface area contributed by atoms with Crippen molar-refractivity contribution in [2.45, 2.75) is 33.1 Å². The second kappa shape index (κ2) is 6.12. The summed E-state index contributed by atoms with van der Waals surface area (Å²) in [7, 11) is 0. The number of hydrogen-bond acceptors (Lipinski definition) is 3. The van der Waals surface area contributed by atoms with Crippen LogP contribution in [-0.4, -0.2) is 16.7 Å². The summed E-state index contributed by atoms with van der Waals surface area (Å²) < 4.78 is 0. The largest absolute Gasteiger partial charge is 0.396 e. The van der Waals surface area contributed by atoms with Crippen molar-refractivity contribution in [1.82, 2.24) is 4.98 Å². The summed E-state index contributed by atoms with van der Waals surface area (Å²) in [5, 5.41) is 12.1. The summed E-state index contributed by atoms with van der Waals surface area (Å²) in [6.07, 6.45) is 2.84. The molecule has 0 fully saturated rings. The Bertz CT molecular complexity index is 519. The number of aryl methyl sites for hydroxylation is 3. The number of unbranched alkanes of at least 4 members (excludes halogenated alkanes) is 1. The molecule has 0 spiro atoms. The van der Waals surface area contributed by atoms with Crippen molar-refractivity contribution >= 4 is 11.3 Å². The van der Waals surface area contributed by atoms with Crippen LogP contribution in [0.5, 0.6) is 0 Å². The zero-order chi connectivity index (χ0) is 13.0. The number of aliphatic hydroxyl groups is 1. The molecule has 0 saturated carbocycles. The van der Waals surface area contributed by atoms with E-state index in [0.29, 0.717) is 0 Å². The molecule has 0 saturated heterocycles. The van der Waals surface area contributed by atoms with E-state index >= 15 is 0 Å². The first-order valence-electron chi connectivity index (χ1n) is 6.33. The molecule has 1 aromatic carbocycles. The number of benzene rings is 1. The lowest BCUT2D eigenvalue weighted by Gasteiger charge is -2.02. The Balaban J connectivity index is 2.11. The second-order valence-electron chi connectivity index (χ2n) is 4.61. The highest BCUT2D eigenvalue weighted by Gasteiger charge is 2.05. The molecule has 0 atom stereocenters. The molecule has 0 unspecified atom stereocenters. The third-order valence-corrected chi connectivity index (χ3v) is 4.06. The van der Waals surface area contributed by atoms with E-state index in [0.717, 1.165) is 30.0 Å². The van der Waals surface area contributed by atoms with Crippen LogP contribution in [0.4, 0.5) is 0 Å². The average Bonchev–Trinajstić information content (AvgIpc) is 2.82. The molecule has 0 aliphatic heterocycles. The van der Waals surface area contributed by atoms with Gasteiger partial charge in [-0.05, 0) is 50.3 Å². The minimum Gasteiger partial charge on any atom is -0.396 e. The van der Waals surface area contributed by atoms with Crippen molar-refractivity contribution in [2.24, 2.45) is 0 Å². The van der Waals surface area contributed by atoms with Crippen LogP contribution in [-0.2, 0) is 6.42 Å².